The predicted molar refractivity (Wildman–Crippen MR) is 124 cm³/mol. The number of Topliss-reactive ketones (excluding diaryl/α,β-unsaturated/α-hetero) is 2. The predicted octanol–water partition coefficient (Wildman–Crippen LogP) is 4.79. The number of carbonyl (C=O) groups excluding carboxylic acids is 2. The molecule has 3 atom stereocenters. The summed E-state index contributed by atoms with van der Waals surface area (Å²) in [4.78, 5) is 26.8. The second-order valence-corrected chi connectivity index (χ2v) is 9.43. The first-order chi connectivity index (χ1) is 14.8. The number of hydrogen-bond donors (Lipinski definition) is 1. The number of hydrogen-bond acceptors (Lipinski definition) is 4. The van der Waals surface area contributed by atoms with Gasteiger partial charge in [0.15, 0.2) is 0 Å². The zero-order chi connectivity index (χ0) is 22.4. The summed E-state index contributed by atoms with van der Waals surface area (Å²) in [5, 5.41) is 9.93. The van der Waals surface area contributed by atoms with Crippen molar-refractivity contribution in [1.82, 2.24) is 4.90 Å². The van der Waals surface area contributed by atoms with Crippen molar-refractivity contribution in [2.75, 3.05) is 19.6 Å². The Morgan fingerprint density at radius 2 is 1.87 bits per heavy atom. The first-order valence-electron chi connectivity index (χ1n) is 11.4. The molecule has 0 saturated carbocycles. The molecule has 1 saturated heterocycles. The van der Waals surface area contributed by atoms with Gasteiger partial charge < -0.3 is 14.8 Å². The number of phenolic OH excluding ortho intramolecular Hbond substituents is 1. The smallest absolute Gasteiger partial charge is 0.138 e. The average Bonchev–Trinajstić information content (AvgIpc) is 2.75. The average molecular weight is 422 g/mol. The molecule has 0 aromatic heterocycles. The topological polar surface area (TPSA) is 57.6 Å². The Hall–Kier alpha value is -2.46. The number of aromatic hydroxyl groups is 1. The van der Waals surface area contributed by atoms with Gasteiger partial charge in [-0.05, 0) is 60.9 Å². The van der Waals surface area contributed by atoms with E-state index in [9.17, 15) is 14.7 Å². The summed E-state index contributed by atoms with van der Waals surface area (Å²) in [7, 11) is 0. The highest BCUT2D eigenvalue weighted by molar-refractivity contribution is 5.86. The molecule has 166 valence electrons. The highest BCUT2D eigenvalue weighted by Crippen LogP contribution is 2.40. The van der Waals surface area contributed by atoms with Gasteiger partial charge in [0, 0.05) is 31.8 Å². The van der Waals surface area contributed by atoms with Crippen molar-refractivity contribution >= 4 is 11.6 Å². The normalized spacial score (nSPS) is 22.7. The quantitative estimate of drug-likeness (QED) is 0.632. The molecule has 1 N–H and O–H groups in total. The van der Waals surface area contributed by atoms with Crippen LogP contribution in [-0.4, -0.2) is 41.2 Å². The van der Waals surface area contributed by atoms with Crippen molar-refractivity contribution in [2.45, 2.75) is 51.9 Å². The largest absolute Gasteiger partial charge is 0.508 e. The lowest BCUT2D eigenvalue weighted by atomic mass is 9.68. The van der Waals surface area contributed by atoms with Gasteiger partial charge in [-0.2, -0.15) is 0 Å². The molecule has 2 aromatic rings. The summed E-state index contributed by atoms with van der Waals surface area (Å²) in [5.41, 5.74) is 2.35. The van der Waals surface area contributed by atoms with E-state index in [4.69, 9.17) is 0 Å². The lowest BCUT2D eigenvalue weighted by Gasteiger charge is -2.45. The van der Waals surface area contributed by atoms with E-state index in [-0.39, 0.29) is 22.9 Å². The number of phenols is 1. The van der Waals surface area contributed by atoms with Gasteiger partial charge >= 0.3 is 0 Å². The van der Waals surface area contributed by atoms with Crippen molar-refractivity contribution in [3.05, 3.63) is 65.7 Å². The number of nitrogens with zero attached hydrogens (tertiary/aromatic N) is 1. The molecule has 0 aliphatic carbocycles. The van der Waals surface area contributed by atoms with E-state index in [2.05, 4.69) is 36.9 Å². The Morgan fingerprint density at radius 3 is 2.52 bits per heavy atom. The third kappa shape index (κ3) is 6.04. The maximum Gasteiger partial charge on any atom is 0.138 e. The van der Waals surface area contributed by atoms with Gasteiger partial charge in [0.1, 0.15) is 17.3 Å². The first-order valence-corrected chi connectivity index (χ1v) is 11.4. The van der Waals surface area contributed by atoms with Crippen LogP contribution in [0, 0.1) is 11.8 Å². The Kier molecular flexibility index (Phi) is 7.66. The fourth-order valence-corrected chi connectivity index (χ4v) is 4.77. The molecular weight excluding hydrogens is 386 g/mol. The van der Waals surface area contributed by atoms with Crippen molar-refractivity contribution in [2.24, 2.45) is 11.8 Å². The van der Waals surface area contributed by atoms with Crippen molar-refractivity contribution < 1.29 is 14.7 Å². The minimum Gasteiger partial charge on any atom is -0.508 e. The summed E-state index contributed by atoms with van der Waals surface area (Å²) in [5.74, 6) is 0.868. The molecule has 3 rings (SSSR count). The second kappa shape index (κ2) is 10.2. The molecule has 1 aliphatic rings. The maximum atomic E-state index is 13.0. The number of rotatable bonds is 9. The summed E-state index contributed by atoms with van der Waals surface area (Å²) in [6, 6.07) is 17.8. The minimum absolute atomic E-state index is 0.00278. The zero-order valence-corrected chi connectivity index (χ0v) is 19.0. The molecule has 1 heterocycles. The molecule has 1 aliphatic heterocycles. The fraction of sp³-hybridized carbons (Fsp3) is 0.481. The van der Waals surface area contributed by atoms with Gasteiger partial charge in [0.05, 0.1) is 0 Å². The van der Waals surface area contributed by atoms with Crippen LogP contribution in [0.4, 0.5) is 0 Å². The number of ketones is 2. The Bertz CT molecular complexity index is 894. The van der Waals surface area contributed by atoms with E-state index in [0.717, 1.165) is 26.1 Å². The van der Waals surface area contributed by atoms with Crippen molar-refractivity contribution in [3.63, 3.8) is 0 Å². The van der Waals surface area contributed by atoms with Crippen LogP contribution in [0.3, 0.4) is 0 Å². The van der Waals surface area contributed by atoms with Gasteiger partial charge in [-0.1, -0.05) is 56.3 Å². The van der Waals surface area contributed by atoms with Crippen LogP contribution in [0.15, 0.2) is 54.6 Å². The van der Waals surface area contributed by atoms with Gasteiger partial charge in [-0.3, -0.25) is 4.79 Å². The highest BCUT2D eigenvalue weighted by atomic mass is 16.3. The van der Waals surface area contributed by atoms with Gasteiger partial charge in [-0.25, -0.2) is 0 Å². The van der Waals surface area contributed by atoms with Gasteiger partial charge in [0.2, 0.25) is 0 Å². The lowest BCUT2D eigenvalue weighted by molar-refractivity contribution is -0.126. The van der Waals surface area contributed by atoms with Crippen LogP contribution in [0.1, 0.15) is 51.2 Å². The Balaban J connectivity index is 1.69. The van der Waals surface area contributed by atoms with Gasteiger partial charge in [-0.15, -0.1) is 0 Å². The first kappa shape index (κ1) is 23.2. The van der Waals surface area contributed by atoms with Crippen LogP contribution in [0.25, 0.3) is 0 Å². The molecule has 0 bridgehead atoms. The number of carbonyl (C=O) groups is 2. The molecule has 2 aromatic carbocycles. The molecule has 0 amide bonds. The van der Waals surface area contributed by atoms with E-state index < -0.39 is 0 Å². The second-order valence-electron chi connectivity index (χ2n) is 9.43. The number of benzene rings is 2. The SMILES string of the molecule is CC(=O)CCC(=O)C(Cc1ccccc1)CN1CCC(C)(c2cccc(O)c2)C(C)C1. The molecule has 4 nitrogen and oxygen atoms in total. The van der Waals surface area contributed by atoms with E-state index in [0.29, 0.717) is 30.9 Å². The Labute approximate surface area is 186 Å². The van der Waals surface area contributed by atoms with Gasteiger partial charge in [0.25, 0.3) is 0 Å². The maximum absolute atomic E-state index is 13.0. The third-order valence-electron chi connectivity index (χ3n) is 7.06. The summed E-state index contributed by atoms with van der Waals surface area (Å²) in [6.45, 7) is 8.66. The minimum atomic E-state index is -0.0981. The monoisotopic (exact) mass is 421 g/mol. The van der Waals surface area contributed by atoms with Crippen LogP contribution in [-0.2, 0) is 21.4 Å². The molecule has 1 fully saturated rings. The number of likely N-dealkylation sites (tertiary alicyclic amines) is 1. The summed E-state index contributed by atoms with van der Waals surface area (Å²) < 4.78 is 0. The standard InChI is InChI=1S/C27H35NO3/c1-20-18-28(15-14-27(20,3)24-10-7-11-25(30)17-24)19-23(26(31)13-12-21(2)29)16-22-8-5-4-6-9-22/h4-11,17,20,23,30H,12-16,18-19H2,1-3H3. The zero-order valence-electron chi connectivity index (χ0n) is 19.0. The van der Waals surface area contributed by atoms with E-state index in [1.54, 1.807) is 13.0 Å². The van der Waals surface area contributed by atoms with Crippen molar-refractivity contribution in [3.8, 4) is 5.75 Å². The highest BCUT2D eigenvalue weighted by Gasteiger charge is 2.39. The molecule has 4 heteroatoms. The molecular formula is C27H35NO3. The molecule has 0 spiro atoms. The molecule has 3 unspecified atom stereocenters. The summed E-state index contributed by atoms with van der Waals surface area (Å²) >= 11 is 0. The van der Waals surface area contributed by atoms with Crippen molar-refractivity contribution in [1.29, 1.82) is 0 Å². The van der Waals surface area contributed by atoms with E-state index >= 15 is 0 Å². The lowest BCUT2D eigenvalue weighted by Crippen LogP contribution is -2.49. The van der Waals surface area contributed by atoms with E-state index in [1.165, 1.54) is 11.1 Å². The summed E-state index contributed by atoms with van der Waals surface area (Å²) in [6.07, 6.45) is 2.36. The van der Waals surface area contributed by atoms with Crippen LogP contribution >= 0.6 is 0 Å². The number of piperidine rings is 1. The van der Waals surface area contributed by atoms with E-state index in [1.807, 2.05) is 30.3 Å². The van der Waals surface area contributed by atoms with Crippen LogP contribution in [0.2, 0.25) is 0 Å². The third-order valence-corrected chi connectivity index (χ3v) is 7.06. The molecule has 0 radical (unpaired) electrons. The molecule has 31 heavy (non-hydrogen) atoms. The Morgan fingerprint density at radius 1 is 1.13 bits per heavy atom. The van der Waals surface area contributed by atoms with Crippen LogP contribution in [0.5, 0.6) is 5.75 Å². The fourth-order valence-electron chi connectivity index (χ4n) is 4.77. The van der Waals surface area contributed by atoms with Crippen LogP contribution < -0.4 is 0 Å².